The first kappa shape index (κ1) is 14.5. The molecule has 0 aromatic heterocycles. The van der Waals surface area contributed by atoms with E-state index in [0.717, 1.165) is 25.7 Å². The summed E-state index contributed by atoms with van der Waals surface area (Å²) in [7, 11) is 0. The Kier molecular flexibility index (Phi) is 7.21. The number of hydrogen-bond donors (Lipinski definition) is 2. The fourth-order valence-electron chi connectivity index (χ4n) is 2.53. The molecule has 1 amide bonds. The van der Waals surface area contributed by atoms with Gasteiger partial charge in [-0.25, -0.2) is 0 Å². The van der Waals surface area contributed by atoms with E-state index in [2.05, 4.69) is 0 Å². The normalized spacial score (nSPS) is 18.5. The lowest BCUT2D eigenvalue weighted by molar-refractivity contribution is -0.137. The summed E-state index contributed by atoms with van der Waals surface area (Å²) in [5.74, 6) is 0.225. The minimum atomic E-state index is -0.0293. The van der Waals surface area contributed by atoms with Crippen LogP contribution >= 0.6 is 0 Å². The van der Waals surface area contributed by atoms with Crippen LogP contribution in [0.3, 0.4) is 0 Å². The predicted octanol–water partition coefficient (Wildman–Crippen LogP) is 1.16. The van der Waals surface area contributed by atoms with Gasteiger partial charge in [0.2, 0.25) is 5.91 Å². The third-order valence-corrected chi connectivity index (χ3v) is 3.51. The smallest absolute Gasteiger partial charge is 0.225 e. The molecule has 0 saturated heterocycles. The second-order valence-electron chi connectivity index (χ2n) is 4.81. The highest BCUT2D eigenvalue weighted by Crippen LogP contribution is 2.23. The maximum absolute atomic E-state index is 12.2. The average Bonchev–Trinajstić information content (AvgIpc) is 2.27. The molecule has 4 heteroatoms. The van der Waals surface area contributed by atoms with Gasteiger partial charge in [0.1, 0.15) is 0 Å². The number of carbonyl (C=O) groups is 1. The van der Waals surface area contributed by atoms with Gasteiger partial charge in [0.25, 0.3) is 0 Å². The number of aliphatic hydroxyl groups is 2. The van der Waals surface area contributed by atoms with Crippen molar-refractivity contribution in [2.24, 2.45) is 5.92 Å². The summed E-state index contributed by atoms with van der Waals surface area (Å²) in [6.07, 6.45) is 7.93. The van der Waals surface area contributed by atoms with E-state index in [1.54, 1.807) is 4.90 Å². The van der Waals surface area contributed by atoms with Crippen molar-refractivity contribution in [2.45, 2.75) is 44.9 Å². The molecule has 0 bridgehead atoms. The van der Waals surface area contributed by atoms with Crippen molar-refractivity contribution in [3.8, 4) is 0 Å². The van der Waals surface area contributed by atoms with E-state index in [9.17, 15) is 4.79 Å². The summed E-state index contributed by atoms with van der Waals surface area (Å²) in [4.78, 5) is 13.9. The number of carbonyl (C=O) groups excluding carboxylic acids is 1. The summed E-state index contributed by atoms with van der Waals surface area (Å²) < 4.78 is 0. The molecule has 17 heavy (non-hydrogen) atoms. The first-order valence-electron chi connectivity index (χ1n) is 6.80. The molecule has 0 atom stereocenters. The standard InChI is InChI=1S/C13H25NO3/c15-10-8-14(9-11-16)13(17)12-6-4-2-1-3-5-7-12/h12,15-16H,1-11H2. The SMILES string of the molecule is O=C(C1CCCCCCC1)N(CCO)CCO. The minimum Gasteiger partial charge on any atom is -0.395 e. The quantitative estimate of drug-likeness (QED) is 0.761. The van der Waals surface area contributed by atoms with Crippen LogP contribution in [0.5, 0.6) is 0 Å². The highest BCUT2D eigenvalue weighted by atomic mass is 16.3. The molecule has 1 aliphatic carbocycles. The van der Waals surface area contributed by atoms with Crippen molar-refractivity contribution in [2.75, 3.05) is 26.3 Å². The number of rotatable bonds is 5. The Balaban J connectivity index is 2.50. The third-order valence-electron chi connectivity index (χ3n) is 3.51. The molecule has 0 heterocycles. The number of nitrogens with zero attached hydrogens (tertiary/aromatic N) is 1. The predicted molar refractivity (Wildman–Crippen MR) is 66.6 cm³/mol. The summed E-state index contributed by atoms with van der Waals surface area (Å²) in [6.45, 7) is 0.628. The van der Waals surface area contributed by atoms with Crippen LogP contribution in [0.2, 0.25) is 0 Å². The van der Waals surface area contributed by atoms with Gasteiger partial charge in [-0.05, 0) is 12.8 Å². The second kappa shape index (κ2) is 8.48. The summed E-state index contributed by atoms with van der Waals surface area (Å²) in [5, 5.41) is 17.9. The molecular weight excluding hydrogens is 218 g/mol. The molecule has 1 aliphatic rings. The fourth-order valence-corrected chi connectivity index (χ4v) is 2.53. The zero-order valence-corrected chi connectivity index (χ0v) is 10.6. The lowest BCUT2D eigenvalue weighted by atomic mass is 9.90. The molecule has 0 aliphatic heterocycles. The topological polar surface area (TPSA) is 60.8 Å². The molecule has 1 fully saturated rings. The monoisotopic (exact) mass is 243 g/mol. The van der Waals surface area contributed by atoms with Crippen molar-refractivity contribution < 1.29 is 15.0 Å². The van der Waals surface area contributed by atoms with Crippen LogP contribution in [0.15, 0.2) is 0 Å². The van der Waals surface area contributed by atoms with Crippen LogP contribution < -0.4 is 0 Å². The molecule has 0 radical (unpaired) electrons. The highest BCUT2D eigenvalue weighted by Gasteiger charge is 2.23. The van der Waals surface area contributed by atoms with Gasteiger partial charge in [-0.3, -0.25) is 4.79 Å². The number of hydrogen-bond acceptors (Lipinski definition) is 3. The molecule has 0 aromatic carbocycles. The summed E-state index contributed by atoms with van der Waals surface area (Å²) >= 11 is 0. The Labute approximate surface area is 104 Å². The van der Waals surface area contributed by atoms with Gasteiger partial charge in [-0.1, -0.05) is 32.1 Å². The van der Waals surface area contributed by atoms with Gasteiger partial charge in [-0.2, -0.15) is 0 Å². The lowest BCUT2D eigenvalue weighted by Crippen LogP contribution is -2.40. The van der Waals surface area contributed by atoms with Crippen LogP contribution in [0, 0.1) is 5.92 Å². The lowest BCUT2D eigenvalue weighted by Gasteiger charge is -2.27. The first-order valence-corrected chi connectivity index (χ1v) is 6.80. The average molecular weight is 243 g/mol. The molecule has 100 valence electrons. The third kappa shape index (κ3) is 5.04. The van der Waals surface area contributed by atoms with Crippen molar-refractivity contribution in [3.63, 3.8) is 0 Å². The Hall–Kier alpha value is -0.610. The molecular formula is C13H25NO3. The van der Waals surface area contributed by atoms with Crippen LogP contribution in [0.1, 0.15) is 44.9 Å². The Morgan fingerprint density at radius 1 is 0.941 bits per heavy atom. The van der Waals surface area contributed by atoms with Crippen molar-refractivity contribution in [3.05, 3.63) is 0 Å². The van der Waals surface area contributed by atoms with Gasteiger partial charge in [0.15, 0.2) is 0 Å². The van der Waals surface area contributed by atoms with Gasteiger partial charge in [-0.15, -0.1) is 0 Å². The van der Waals surface area contributed by atoms with E-state index in [1.807, 2.05) is 0 Å². The second-order valence-corrected chi connectivity index (χ2v) is 4.81. The number of amides is 1. The van der Waals surface area contributed by atoms with Crippen molar-refractivity contribution in [1.29, 1.82) is 0 Å². The Morgan fingerprint density at radius 3 is 1.88 bits per heavy atom. The molecule has 0 spiro atoms. The molecule has 0 aromatic rings. The van der Waals surface area contributed by atoms with Crippen LogP contribution in [0.25, 0.3) is 0 Å². The van der Waals surface area contributed by atoms with Gasteiger partial charge >= 0.3 is 0 Å². The van der Waals surface area contributed by atoms with Crippen molar-refractivity contribution >= 4 is 5.91 Å². The molecule has 0 unspecified atom stereocenters. The van der Waals surface area contributed by atoms with E-state index in [0.29, 0.717) is 13.1 Å². The highest BCUT2D eigenvalue weighted by molar-refractivity contribution is 5.78. The zero-order chi connectivity index (χ0) is 12.5. The van der Waals surface area contributed by atoms with Crippen LogP contribution in [0.4, 0.5) is 0 Å². The summed E-state index contributed by atoms with van der Waals surface area (Å²) in [5.41, 5.74) is 0. The minimum absolute atomic E-state index is 0.0293. The van der Waals surface area contributed by atoms with Gasteiger partial charge < -0.3 is 15.1 Å². The molecule has 1 rings (SSSR count). The van der Waals surface area contributed by atoms with E-state index in [4.69, 9.17) is 10.2 Å². The van der Waals surface area contributed by atoms with E-state index in [1.165, 1.54) is 19.3 Å². The van der Waals surface area contributed by atoms with E-state index >= 15 is 0 Å². The van der Waals surface area contributed by atoms with Crippen molar-refractivity contribution in [1.82, 2.24) is 4.90 Å². The largest absolute Gasteiger partial charge is 0.395 e. The van der Waals surface area contributed by atoms with Crippen LogP contribution in [-0.2, 0) is 4.79 Å². The summed E-state index contributed by atoms with van der Waals surface area (Å²) in [6, 6.07) is 0. The fraction of sp³-hybridized carbons (Fsp3) is 0.923. The molecule has 2 N–H and O–H groups in total. The maximum atomic E-state index is 12.2. The number of aliphatic hydroxyl groups excluding tert-OH is 2. The Bertz CT molecular complexity index is 207. The van der Waals surface area contributed by atoms with Crippen LogP contribution in [-0.4, -0.2) is 47.3 Å². The maximum Gasteiger partial charge on any atom is 0.225 e. The first-order chi connectivity index (χ1) is 8.29. The zero-order valence-electron chi connectivity index (χ0n) is 10.6. The Morgan fingerprint density at radius 2 is 1.41 bits per heavy atom. The van der Waals surface area contributed by atoms with Gasteiger partial charge in [0, 0.05) is 19.0 Å². The van der Waals surface area contributed by atoms with E-state index < -0.39 is 0 Å². The van der Waals surface area contributed by atoms with Gasteiger partial charge in [0.05, 0.1) is 13.2 Å². The molecule has 1 saturated carbocycles. The van der Waals surface area contributed by atoms with E-state index in [-0.39, 0.29) is 25.0 Å². The molecule has 4 nitrogen and oxygen atoms in total.